The summed E-state index contributed by atoms with van der Waals surface area (Å²) >= 11 is 0. The molecular weight excluding hydrogens is 194 g/mol. The van der Waals surface area contributed by atoms with E-state index < -0.39 is 0 Å². The molecule has 0 aliphatic heterocycles. The first-order valence-corrected chi connectivity index (χ1v) is 5.82. The van der Waals surface area contributed by atoms with E-state index in [9.17, 15) is 0 Å². The van der Waals surface area contributed by atoms with Gasteiger partial charge in [-0.25, -0.2) is 0 Å². The SMILES string of the molecule is B#S\B=B/B=B\B=B/B=B\B=B/B=B\B=B. The van der Waals surface area contributed by atoms with Crippen LogP contribution in [0.2, 0.25) is 0 Å². The fourth-order valence-electron chi connectivity index (χ4n) is 0.747. The number of hydrogen-bond donors (Lipinski definition) is 0. The molecule has 52 valence electrons. The van der Waals surface area contributed by atoms with Crippen molar-refractivity contribution < 1.29 is 0 Å². The van der Waals surface area contributed by atoms with Crippen LogP contribution in [0.3, 0.4) is 0 Å². The fourth-order valence-corrected chi connectivity index (χ4v) is 0.928. The molecular formula is HB15S. The second kappa shape index (κ2) is 16.2. The molecule has 0 unspecified atom stereocenters. The summed E-state index contributed by atoms with van der Waals surface area (Å²) < 4.78 is 0. The van der Waals surface area contributed by atoms with Crippen LogP contribution in [-0.2, 0) is 0 Å². The van der Waals surface area contributed by atoms with Crippen LogP contribution in [0, 0.1) is 0 Å². The maximum atomic E-state index is 5.21. The first-order chi connectivity index (χ1) is 7.91. The Bertz CT molecular complexity index is 382. The van der Waals surface area contributed by atoms with E-state index in [1.807, 2.05) is 79.7 Å². The maximum absolute atomic E-state index is 5.21. The van der Waals surface area contributed by atoms with Gasteiger partial charge in [-0.05, 0) is 0 Å². The van der Waals surface area contributed by atoms with E-state index in [1.165, 1.54) is 10.8 Å². The van der Waals surface area contributed by atoms with Crippen LogP contribution in [0.1, 0.15) is 0 Å². The van der Waals surface area contributed by atoms with Crippen molar-refractivity contribution in [2.24, 2.45) is 0 Å². The van der Waals surface area contributed by atoms with Crippen molar-refractivity contribution >= 4 is 111 Å². The van der Waals surface area contributed by atoms with Crippen LogP contribution in [0.5, 0.6) is 0 Å². The fraction of sp³-hybridized carbons (Fsp3) is 0. The minimum absolute atomic E-state index is 1.19. The number of rotatable bonds is 6. The molecule has 0 aromatic carbocycles. The molecule has 0 saturated heterocycles. The molecule has 0 amide bonds. The Hall–Kier alpha value is 1.19. The van der Waals surface area contributed by atoms with E-state index in [2.05, 4.69) is 7.37 Å². The Labute approximate surface area is 111 Å². The van der Waals surface area contributed by atoms with Gasteiger partial charge in [0.2, 0.25) is 0 Å². The van der Waals surface area contributed by atoms with Gasteiger partial charge in [0.1, 0.15) is 0 Å². The number of hydrogen-bond acceptors (Lipinski definition) is 0. The Morgan fingerprint density at radius 2 is 1.00 bits per heavy atom. The van der Waals surface area contributed by atoms with Crippen molar-refractivity contribution in [2.75, 3.05) is 0 Å². The molecule has 0 radical (unpaired) electrons. The van der Waals surface area contributed by atoms with Crippen LogP contribution >= 0.6 is 10.8 Å². The average Bonchev–Trinajstić information content (AvgIpc) is 2.31. The first kappa shape index (κ1) is 17.2. The van der Waals surface area contributed by atoms with Gasteiger partial charge in [-0.2, -0.15) is 0 Å². The van der Waals surface area contributed by atoms with E-state index >= 15 is 0 Å². The zero-order valence-corrected chi connectivity index (χ0v) is 10.0. The summed E-state index contributed by atoms with van der Waals surface area (Å²) in [4.78, 5) is 0. The Kier molecular flexibility index (Phi) is 17.4. The van der Waals surface area contributed by atoms with Gasteiger partial charge in [-0.15, -0.1) is 0 Å². The normalized spacial score (nSPS) is 7.06. The van der Waals surface area contributed by atoms with E-state index in [-0.39, 0.29) is 0 Å². The summed E-state index contributed by atoms with van der Waals surface area (Å²) in [6.07, 6.45) is 1.81. The average molecular weight is 195 g/mol. The molecule has 0 spiro atoms. The summed E-state index contributed by atoms with van der Waals surface area (Å²) in [7, 11) is 4.77. The van der Waals surface area contributed by atoms with Crippen molar-refractivity contribution in [2.45, 2.75) is 0 Å². The third-order valence-corrected chi connectivity index (χ3v) is 1.72. The predicted molar refractivity (Wildman–Crippen MR) is 95.3 cm³/mol. The van der Waals surface area contributed by atoms with E-state index in [0.29, 0.717) is 0 Å². The quantitative estimate of drug-likeness (QED) is 0.371. The summed E-state index contributed by atoms with van der Waals surface area (Å²) in [5, 5.41) is 0. The van der Waals surface area contributed by atoms with Crippen LogP contribution in [-0.4, -0.2) is 100 Å². The third-order valence-electron chi connectivity index (χ3n) is 1.40. The van der Waals surface area contributed by atoms with Gasteiger partial charge in [-0.3, -0.25) is 0 Å². The van der Waals surface area contributed by atoms with Crippen molar-refractivity contribution in [3.63, 3.8) is 0 Å². The minimum atomic E-state index is 1.19. The van der Waals surface area contributed by atoms with Gasteiger partial charge >= 0.3 is 111 Å². The molecule has 16 heavy (non-hydrogen) atoms. The van der Waals surface area contributed by atoms with Crippen molar-refractivity contribution in [1.82, 2.24) is 0 Å². The molecule has 0 N–H and O–H groups in total. The van der Waals surface area contributed by atoms with Crippen LogP contribution < -0.4 is 0 Å². The molecule has 0 saturated carbocycles. The molecule has 0 heterocycles. The zero-order chi connectivity index (χ0) is 11.9. The van der Waals surface area contributed by atoms with Crippen molar-refractivity contribution in [3.8, 4) is 0 Å². The molecule has 0 aromatic heterocycles. The Morgan fingerprint density at radius 1 is 0.625 bits per heavy atom. The molecule has 0 bridgehead atoms. The van der Waals surface area contributed by atoms with Gasteiger partial charge in [0.25, 0.3) is 0 Å². The van der Waals surface area contributed by atoms with E-state index in [0.717, 1.165) is 0 Å². The second-order valence-corrected chi connectivity index (χ2v) is 3.17. The molecule has 0 aliphatic rings. The van der Waals surface area contributed by atoms with Crippen LogP contribution in [0.25, 0.3) is 0 Å². The topological polar surface area (TPSA) is 0 Å². The van der Waals surface area contributed by atoms with Crippen LogP contribution in [0.4, 0.5) is 0 Å². The first-order valence-electron chi connectivity index (χ1n) is 4.88. The molecule has 0 rings (SSSR count). The van der Waals surface area contributed by atoms with Gasteiger partial charge < -0.3 is 0 Å². The second-order valence-electron chi connectivity index (χ2n) is 2.62. The van der Waals surface area contributed by atoms with E-state index in [4.69, 9.17) is 6.53 Å². The summed E-state index contributed by atoms with van der Waals surface area (Å²) in [6, 6.07) is 0. The summed E-state index contributed by atoms with van der Waals surface area (Å²) in [6.45, 7) is 28.3. The van der Waals surface area contributed by atoms with Crippen molar-refractivity contribution in [1.29, 1.82) is 0 Å². The molecule has 0 aromatic rings. The molecule has 16 heteroatoms. The van der Waals surface area contributed by atoms with Gasteiger partial charge in [0, 0.05) is 0 Å². The monoisotopic (exact) mass is 198 g/mol. The van der Waals surface area contributed by atoms with Gasteiger partial charge in [0.15, 0.2) is 0 Å². The summed E-state index contributed by atoms with van der Waals surface area (Å²) in [5.41, 5.74) is 0. The Morgan fingerprint density at radius 3 is 1.38 bits per heavy atom. The standard InChI is InChI=1S/B15HS/c1-3-4-5-6-7-8-9-10-11-12-13-14-15-16-2/h1H. The van der Waals surface area contributed by atoms with Crippen molar-refractivity contribution in [3.05, 3.63) is 0 Å². The van der Waals surface area contributed by atoms with E-state index in [1.54, 1.807) is 6.69 Å². The summed E-state index contributed by atoms with van der Waals surface area (Å²) in [5.74, 6) is 0. The zero-order valence-electron chi connectivity index (χ0n) is 9.20. The van der Waals surface area contributed by atoms with Gasteiger partial charge in [0.05, 0.1) is 0 Å². The van der Waals surface area contributed by atoms with Gasteiger partial charge in [-0.1, -0.05) is 0 Å². The Balaban J connectivity index is 3.79. The third kappa shape index (κ3) is 15.2. The molecule has 0 atom stereocenters. The molecule has 0 aliphatic carbocycles. The van der Waals surface area contributed by atoms with Crippen LogP contribution in [0.15, 0.2) is 0 Å². The predicted octanol–water partition coefficient (Wildman–Crippen LogP) is -5.33. The molecule has 0 nitrogen and oxygen atoms in total. The molecule has 0 fully saturated rings.